The summed E-state index contributed by atoms with van der Waals surface area (Å²) in [5.74, 6) is 0.224. The van der Waals surface area contributed by atoms with E-state index in [1.807, 2.05) is 6.92 Å². The summed E-state index contributed by atoms with van der Waals surface area (Å²) in [6.45, 7) is 11.2. The molecule has 0 aliphatic heterocycles. The van der Waals surface area contributed by atoms with Crippen molar-refractivity contribution < 1.29 is 18.8 Å². The molecule has 0 aliphatic carbocycles. The summed E-state index contributed by atoms with van der Waals surface area (Å²) in [4.78, 5) is 12.3. The first-order chi connectivity index (χ1) is 11.3. The van der Waals surface area contributed by atoms with Gasteiger partial charge in [0.05, 0.1) is 12.2 Å². The Morgan fingerprint density at radius 3 is 2.21 bits per heavy atom. The van der Waals surface area contributed by atoms with Crippen LogP contribution < -0.4 is 5.30 Å². The van der Waals surface area contributed by atoms with Gasteiger partial charge in [-0.3, -0.25) is 0 Å². The molecule has 0 heterocycles. The van der Waals surface area contributed by atoms with Gasteiger partial charge in [0.1, 0.15) is 13.6 Å². The fourth-order valence-electron chi connectivity index (χ4n) is 2.12. The van der Waals surface area contributed by atoms with Crippen LogP contribution in [-0.2, 0) is 14.0 Å². The van der Waals surface area contributed by atoms with E-state index in [4.69, 9.17) is 9.47 Å². The normalized spacial score (nSPS) is 14.0. The maximum atomic E-state index is 12.8. The molecule has 0 spiro atoms. The highest BCUT2D eigenvalue weighted by Crippen LogP contribution is 2.30. The van der Waals surface area contributed by atoms with Crippen molar-refractivity contribution in [2.45, 2.75) is 53.3 Å². The van der Waals surface area contributed by atoms with Gasteiger partial charge < -0.3 is 14.0 Å². The van der Waals surface area contributed by atoms with Crippen LogP contribution in [0.5, 0.6) is 0 Å². The number of esters is 1. The van der Waals surface area contributed by atoms with E-state index >= 15 is 0 Å². The van der Waals surface area contributed by atoms with Crippen LogP contribution in [-0.4, -0.2) is 25.0 Å². The average Bonchev–Trinajstić information content (AvgIpc) is 2.53. The Labute approximate surface area is 146 Å². The molecular formula is C19H31O4P. The van der Waals surface area contributed by atoms with E-state index in [1.54, 1.807) is 24.3 Å². The summed E-state index contributed by atoms with van der Waals surface area (Å²) in [5, 5.41) is 0.550. The van der Waals surface area contributed by atoms with Gasteiger partial charge >= 0.3 is 5.97 Å². The van der Waals surface area contributed by atoms with Crippen molar-refractivity contribution in [3.63, 3.8) is 0 Å². The molecule has 1 aromatic carbocycles. The lowest BCUT2D eigenvalue weighted by Gasteiger charge is -2.16. The summed E-state index contributed by atoms with van der Waals surface area (Å²) < 4.78 is 23.8. The van der Waals surface area contributed by atoms with Crippen LogP contribution in [0.15, 0.2) is 24.3 Å². The summed E-state index contributed by atoms with van der Waals surface area (Å²) in [6, 6.07) is 6.98. The van der Waals surface area contributed by atoms with Gasteiger partial charge in [0, 0.05) is 11.9 Å². The van der Waals surface area contributed by atoms with E-state index in [0.717, 1.165) is 12.8 Å². The van der Waals surface area contributed by atoms with Gasteiger partial charge in [0.2, 0.25) is 0 Å². The Morgan fingerprint density at radius 1 is 1.00 bits per heavy atom. The summed E-state index contributed by atoms with van der Waals surface area (Å²) >= 11 is 0. The first-order valence-electron chi connectivity index (χ1n) is 8.74. The molecule has 0 radical (unpaired) electrons. The second kappa shape index (κ2) is 10.7. The van der Waals surface area contributed by atoms with E-state index in [2.05, 4.69) is 27.7 Å². The molecule has 136 valence electrons. The third-order valence-corrected chi connectivity index (χ3v) is 5.65. The van der Waals surface area contributed by atoms with E-state index < -0.39 is 19.6 Å². The minimum atomic E-state index is -2.23. The highest BCUT2D eigenvalue weighted by Gasteiger charge is 2.21. The Balaban J connectivity index is 2.73. The summed E-state index contributed by atoms with van der Waals surface area (Å²) in [6.07, 6.45) is 1.75. The van der Waals surface area contributed by atoms with Crippen molar-refractivity contribution in [2.75, 3.05) is 13.2 Å². The zero-order valence-electron chi connectivity index (χ0n) is 15.5. The predicted molar refractivity (Wildman–Crippen MR) is 99.7 cm³/mol. The summed E-state index contributed by atoms with van der Waals surface area (Å²) in [7, 11) is -2.23. The molecule has 0 N–H and O–H groups in total. The molecule has 4 nitrogen and oxygen atoms in total. The van der Waals surface area contributed by atoms with E-state index in [9.17, 15) is 9.36 Å². The lowest BCUT2D eigenvalue weighted by molar-refractivity contribution is 0.0489. The second-order valence-electron chi connectivity index (χ2n) is 6.92. The van der Waals surface area contributed by atoms with E-state index in [0.29, 0.717) is 35.9 Å². The number of benzene rings is 1. The van der Waals surface area contributed by atoms with Crippen molar-refractivity contribution in [2.24, 2.45) is 11.8 Å². The van der Waals surface area contributed by atoms with Crippen LogP contribution >= 0.6 is 7.80 Å². The van der Waals surface area contributed by atoms with Crippen molar-refractivity contribution in [3.05, 3.63) is 29.8 Å². The number of hydrogen-bond acceptors (Lipinski definition) is 4. The number of rotatable bonds is 10. The van der Waals surface area contributed by atoms with Gasteiger partial charge in [0.25, 0.3) is 0 Å². The van der Waals surface area contributed by atoms with Crippen molar-refractivity contribution >= 4 is 19.1 Å². The van der Waals surface area contributed by atoms with Gasteiger partial charge in [-0.15, -0.1) is 0 Å². The molecule has 5 heteroatoms. The van der Waals surface area contributed by atoms with Crippen LogP contribution in [0.2, 0.25) is 0 Å². The monoisotopic (exact) mass is 354 g/mol. The SMILES string of the molecule is CC(C)CCOC(=O)c1ccccc1[PH](=O)C(C)OCCC(C)C. The highest BCUT2D eigenvalue weighted by atomic mass is 31.1. The molecule has 0 aromatic heterocycles. The predicted octanol–water partition coefficient (Wildman–Crippen LogP) is 4.48. The highest BCUT2D eigenvalue weighted by molar-refractivity contribution is 7.54. The Kier molecular flexibility index (Phi) is 9.31. The molecule has 2 atom stereocenters. The van der Waals surface area contributed by atoms with Crippen molar-refractivity contribution in [1.82, 2.24) is 0 Å². The smallest absolute Gasteiger partial charge is 0.338 e. The minimum absolute atomic E-state index is 0.381. The van der Waals surface area contributed by atoms with Gasteiger partial charge in [-0.25, -0.2) is 4.79 Å². The maximum Gasteiger partial charge on any atom is 0.338 e. The largest absolute Gasteiger partial charge is 0.462 e. The summed E-state index contributed by atoms with van der Waals surface area (Å²) in [5.41, 5.74) is 0.393. The van der Waals surface area contributed by atoms with E-state index in [-0.39, 0.29) is 0 Å². The minimum Gasteiger partial charge on any atom is -0.462 e. The third kappa shape index (κ3) is 7.19. The molecule has 24 heavy (non-hydrogen) atoms. The first-order valence-corrected chi connectivity index (χ1v) is 10.2. The van der Waals surface area contributed by atoms with Crippen LogP contribution in [0.25, 0.3) is 0 Å². The van der Waals surface area contributed by atoms with Crippen molar-refractivity contribution in [1.29, 1.82) is 0 Å². The Morgan fingerprint density at radius 2 is 1.58 bits per heavy atom. The van der Waals surface area contributed by atoms with Crippen molar-refractivity contribution in [3.8, 4) is 0 Å². The standard InChI is InChI=1S/C19H31O4P/c1-14(2)10-12-22-16(5)24(21)18-9-7-6-8-17(18)19(20)23-13-11-15(3)4/h6-9,14-16,24H,10-13H2,1-5H3. The average molecular weight is 354 g/mol. The number of carbonyl (C=O) groups is 1. The molecule has 0 bridgehead atoms. The lowest BCUT2D eigenvalue weighted by Crippen LogP contribution is -2.19. The zero-order chi connectivity index (χ0) is 18.1. The number of hydrogen-bond donors (Lipinski definition) is 0. The lowest BCUT2D eigenvalue weighted by atomic mass is 10.1. The molecule has 0 amide bonds. The number of ether oxygens (including phenoxy) is 2. The molecule has 0 fully saturated rings. The van der Waals surface area contributed by atoms with Crippen LogP contribution in [0.1, 0.15) is 57.8 Å². The first kappa shape index (κ1) is 20.9. The number of carbonyl (C=O) groups excluding carboxylic acids is 1. The fraction of sp³-hybridized carbons (Fsp3) is 0.632. The van der Waals surface area contributed by atoms with Gasteiger partial charge in [-0.2, -0.15) is 0 Å². The molecular weight excluding hydrogens is 323 g/mol. The molecule has 0 saturated carbocycles. The fourth-order valence-corrected chi connectivity index (χ4v) is 3.53. The molecule has 1 rings (SSSR count). The van der Waals surface area contributed by atoms with E-state index in [1.165, 1.54) is 0 Å². The van der Waals surface area contributed by atoms with Gasteiger partial charge in [-0.1, -0.05) is 45.9 Å². The topological polar surface area (TPSA) is 52.6 Å². The molecule has 0 aliphatic rings. The quantitative estimate of drug-likeness (QED) is 0.459. The molecule has 2 unspecified atom stereocenters. The van der Waals surface area contributed by atoms with Gasteiger partial charge in [0.15, 0.2) is 0 Å². The zero-order valence-corrected chi connectivity index (χ0v) is 16.5. The third-order valence-electron chi connectivity index (χ3n) is 3.77. The van der Waals surface area contributed by atoms with Crippen LogP contribution in [0.4, 0.5) is 0 Å². The molecule has 0 saturated heterocycles. The van der Waals surface area contributed by atoms with Gasteiger partial charge in [-0.05, 0) is 37.7 Å². The second-order valence-corrected chi connectivity index (χ2v) is 9.00. The maximum absolute atomic E-state index is 12.8. The Hall–Kier alpha value is -1.12. The van der Waals surface area contributed by atoms with Crippen LogP contribution in [0, 0.1) is 11.8 Å². The Bertz CT molecular complexity index is 540. The molecule has 1 aromatic rings. The van der Waals surface area contributed by atoms with Crippen LogP contribution in [0.3, 0.4) is 0 Å².